The average molecular weight is 358 g/mol. The van der Waals surface area contributed by atoms with Crippen molar-refractivity contribution in [2.75, 3.05) is 11.4 Å². The zero-order valence-electron chi connectivity index (χ0n) is 12.3. The smallest absolute Gasteiger partial charge is 0.305 e. The highest BCUT2D eigenvalue weighted by Crippen LogP contribution is 2.37. The van der Waals surface area contributed by atoms with Gasteiger partial charge in [0.1, 0.15) is 5.69 Å². The highest BCUT2D eigenvalue weighted by molar-refractivity contribution is 6.31. The third kappa shape index (κ3) is 2.56. The molecule has 1 aliphatic heterocycles. The zero-order chi connectivity index (χ0) is 17.6. The molecule has 0 saturated carbocycles. The van der Waals surface area contributed by atoms with E-state index in [0.29, 0.717) is 6.29 Å². The van der Waals surface area contributed by atoms with Gasteiger partial charge < -0.3 is 4.90 Å². The van der Waals surface area contributed by atoms with Crippen LogP contribution in [0.2, 0.25) is 5.02 Å². The number of hydrogen-bond donors (Lipinski definition) is 0. The first-order valence-corrected chi connectivity index (χ1v) is 7.33. The summed E-state index contributed by atoms with van der Waals surface area (Å²) in [4.78, 5) is 25.0. The Morgan fingerprint density at radius 3 is 2.67 bits per heavy atom. The third-order valence-electron chi connectivity index (χ3n) is 3.83. The van der Waals surface area contributed by atoms with Crippen LogP contribution in [0.3, 0.4) is 0 Å². The topological polar surface area (TPSA) is 55.2 Å². The average Bonchev–Trinajstić information content (AvgIpc) is 2.94. The number of alkyl halides is 3. The molecule has 0 bridgehead atoms. The molecular formula is C15H11ClF3N3O2. The van der Waals surface area contributed by atoms with Crippen LogP contribution < -0.4 is 4.90 Å². The zero-order valence-corrected chi connectivity index (χ0v) is 13.1. The van der Waals surface area contributed by atoms with Crippen LogP contribution in [0, 0.1) is 0 Å². The van der Waals surface area contributed by atoms with Crippen molar-refractivity contribution in [3.05, 3.63) is 46.2 Å². The summed E-state index contributed by atoms with van der Waals surface area (Å²) < 4.78 is 39.8. The molecule has 2 aromatic rings. The summed E-state index contributed by atoms with van der Waals surface area (Å²) in [7, 11) is 0. The summed E-state index contributed by atoms with van der Waals surface area (Å²) >= 11 is 5.72. The number of aldehydes is 1. The first-order chi connectivity index (χ1) is 11.2. The number of nitrogens with zero attached hydrogens (tertiary/aromatic N) is 3. The number of fused-ring (bicyclic) bond motifs is 1. The molecule has 0 N–H and O–H groups in total. The molecule has 1 aromatic heterocycles. The molecule has 24 heavy (non-hydrogen) atoms. The van der Waals surface area contributed by atoms with E-state index in [0.717, 1.165) is 12.1 Å². The lowest BCUT2D eigenvalue weighted by molar-refractivity contribution is -0.137. The highest BCUT2D eigenvalue weighted by Gasteiger charge is 2.36. The second kappa shape index (κ2) is 5.62. The number of amides is 1. The van der Waals surface area contributed by atoms with Gasteiger partial charge in [0.05, 0.1) is 28.4 Å². The number of halogens is 4. The Labute approximate surface area is 139 Å². The van der Waals surface area contributed by atoms with Crippen molar-refractivity contribution in [2.45, 2.75) is 19.1 Å². The number of aromatic nitrogens is 2. The van der Waals surface area contributed by atoms with E-state index < -0.39 is 22.7 Å². The van der Waals surface area contributed by atoms with Gasteiger partial charge in [-0.15, -0.1) is 0 Å². The van der Waals surface area contributed by atoms with Gasteiger partial charge in [0, 0.05) is 12.2 Å². The van der Waals surface area contributed by atoms with Crippen LogP contribution in [-0.2, 0) is 6.18 Å². The molecule has 9 heteroatoms. The largest absolute Gasteiger partial charge is 0.417 e. The van der Waals surface area contributed by atoms with Gasteiger partial charge in [-0.3, -0.25) is 14.3 Å². The molecule has 0 aliphatic carbocycles. The van der Waals surface area contributed by atoms with E-state index in [1.165, 1.54) is 21.8 Å². The number of carbonyl (C=O) groups is 2. The van der Waals surface area contributed by atoms with Gasteiger partial charge in [0.2, 0.25) is 0 Å². The van der Waals surface area contributed by atoms with E-state index in [-0.39, 0.29) is 29.5 Å². The molecule has 126 valence electrons. The molecule has 1 amide bonds. The second-order valence-electron chi connectivity index (χ2n) is 5.44. The minimum atomic E-state index is -4.57. The Balaban J connectivity index is 2.04. The van der Waals surface area contributed by atoms with Gasteiger partial charge in [-0.25, -0.2) is 0 Å². The van der Waals surface area contributed by atoms with Gasteiger partial charge >= 0.3 is 6.18 Å². The summed E-state index contributed by atoms with van der Waals surface area (Å²) in [6.07, 6.45) is -2.76. The molecule has 0 fully saturated rings. The Bertz CT molecular complexity index is 832. The molecule has 3 rings (SSSR count). The predicted molar refractivity (Wildman–Crippen MR) is 80.5 cm³/mol. The highest BCUT2D eigenvalue weighted by atomic mass is 35.5. The maximum Gasteiger partial charge on any atom is 0.417 e. The Morgan fingerprint density at radius 2 is 2.08 bits per heavy atom. The summed E-state index contributed by atoms with van der Waals surface area (Å²) in [6.45, 7) is 1.99. The maximum absolute atomic E-state index is 12.8. The van der Waals surface area contributed by atoms with Crippen LogP contribution >= 0.6 is 11.6 Å². The summed E-state index contributed by atoms with van der Waals surface area (Å²) in [5.74, 6) is -0.511. The van der Waals surface area contributed by atoms with Crippen molar-refractivity contribution in [3.8, 4) is 0 Å². The molecule has 1 unspecified atom stereocenters. The van der Waals surface area contributed by atoms with Crippen molar-refractivity contribution in [3.63, 3.8) is 0 Å². The van der Waals surface area contributed by atoms with Gasteiger partial charge in [-0.1, -0.05) is 11.6 Å². The Kier molecular flexibility index (Phi) is 3.87. The summed E-state index contributed by atoms with van der Waals surface area (Å²) in [5.41, 5.74) is -0.493. The van der Waals surface area contributed by atoms with E-state index >= 15 is 0 Å². The minimum Gasteiger partial charge on any atom is -0.305 e. The van der Waals surface area contributed by atoms with Crippen molar-refractivity contribution < 1.29 is 22.8 Å². The van der Waals surface area contributed by atoms with Gasteiger partial charge in [-0.05, 0) is 25.1 Å². The van der Waals surface area contributed by atoms with Gasteiger partial charge in [-0.2, -0.15) is 18.3 Å². The fourth-order valence-corrected chi connectivity index (χ4v) is 2.98. The molecule has 2 heterocycles. The maximum atomic E-state index is 12.8. The molecule has 0 radical (unpaired) electrons. The lowest BCUT2D eigenvalue weighted by Crippen LogP contribution is -2.43. The van der Waals surface area contributed by atoms with E-state index in [1.807, 2.05) is 0 Å². The quantitative estimate of drug-likeness (QED) is 0.772. The normalized spacial score (nSPS) is 17.8. The standard InChI is InChI=1S/C15H11ClF3N3O2/c1-8-6-21(14(24)13-9(7-23)5-20-22(8)13)10-2-3-11(12(16)4-10)15(17,18)19/h2-5,7-8H,6H2,1H3. The molecular weight excluding hydrogens is 347 g/mol. The summed E-state index contributed by atoms with van der Waals surface area (Å²) in [5, 5.41) is 3.52. The molecule has 1 aromatic carbocycles. The summed E-state index contributed by atoms with van der Waals surface area (Å²) in [6, 6.07) is 2.88. The first-order valence-electron chi connectivity index (χ1n) is 6.95. The van der Waals surface area contributed by atoms with Crippen LogP contribution in [0.5, 0.6) is 0 Å². The van der Waals surface area contributed by atoms with E-state index in [2.05, 4.69) is 5.10 Å². The fourth-order valence-electron chi connectivity index (χ4n) is 2.69. The van der Waals surface area contributed by atoms with Crippen molar-refractivity contribution in [1.82, 2.24) is 9.78 Å². The second-order valence-corrected chi connectivity index (χ2v) is 5.84. The predicted octanol–water partition coefficient (Wildman–Crippen LogP) is 3.59. The van der Waals surface area contributed by atoms with Crippen molar-refractivity contribution >= 4 is 29.5 Å². The lowest BCUT2D eigenvalue weighted by Gasteiger charge is -2.32. The van der Waals surface area contributed by atoms with E-state index in [1.54, 1.807) is 6.92 Å². The van der Waals surface area contributed by atoms with Gasteiger partial charge in [0.25, 0.3) is 5.91 Å². The van der Waals surface area contributed by atoms with Crippen molar-refractivity contribution in [2.24, 2.45) is 0 Å². The van der Waals surface area contributed by atoms with E-state index in [9.17, 15) is 22.8 Å². The van der Waals surface area contributed by atoms with Crippen LogP contribution in [0.4, 0.5) is 18.9 Å². The number of rotatable bonds is 2. The monoisotopic (exact) mass is 357 g/mol. The first kappa shape index (κ1) is 16.5. The van der Waals surface area contributed by atoms with Crippen molar-refractivity contribution in [1.29, 1.82) is 0 Å². The molecule has 1 aliphatic rings. The minimum absolute atomic E-state index is 0.111. The molecule has 1 atom stereocenters. The molecule has 0 spiro atoms. The number of carbonyl (C=O) groups excluding carboxylic acids is 2. The third-order valence-corrected chi connectivity index (χ3v) is 4.15. The number of hydrogen-bond acceptors (Lipinski definition) is 3. The SMILES string of the molecule is CC1CN(c2ccc(C(F)(F)F)c(Cl)c2)C(=O)c2c(C=O)cnn21. The lowest BCUT2D eigenvalue weighted by atomic mass is 10.1. The number of anilines is 1. The van der Waals surface area contributed by atoms with E-state index in [4.69, 9.17) is 11.6 Å². The molecule has 0 saturated heterocycles. The van der Waals surface area contributed by atoms with Gasteiger partial charge in [0.15, 0.2) is 6.29 Å². The van der Waals surface area contributed by atoms with Crippen LogP contribution in [0.1, 0.15) is 39.4 Å². The Hall–Kier alpha value is -2.35. The Morgan fingerprint density at radius 1 is 1.38 bits per heavy atom. The number of benzene rings is 1. The molecule has 5 nitrogen and oxygen atoms in total. The fraction of sp³-hybridized carbons (Fsp3) is 0.267. The van der Waals surface area contributed by atoms with Crippen LogP contribution in [0.15, 0.2) is 24.4 Å². The van der Waals surface area contributed by atoms with Crippen LogP contribution in [0.25, 0.3) is 0 Å². The van der Waals surface area contributed by atoms with Crippen LogP contribution in [-0.4, -0.2) is 28.5 Å².